The largest absolute Gasteiger partial charge is 0.480 e. The van der Waals surface area contributed by atoms with Gasteiger partial charge < -0.3 is 26.8 Å². The van der Waals surface area contributed by atoms with E-state index in [2.05, 4.69) is 16.0 Å². The van der Waals surface area contributed by atoms with Crippen LogP contribution in [0.5, 0.6) is 0 Å². The number of primary amides is 1. The van der Waals surface area contributed by atoms with Gasteiger partial charge in [0.2, 0.25) is 0 Å². The smallest absolute Gasteiger partial charge is 0.328 e. The summed E-state index contributed by atoms with van der Waals surface area (Å²) in [6.07, 6.45) is 0. The number of carboxylic acids is 1. The second-order valence-electron chi connectivity index (χ2n) is 3.60. The van der Waals surface area contributed by atoms with Crippen LogP contribution in [0.4, 0.5) is 9.59 Å². The number of carbonyl (C=O) groups is 3. The number of carboxylic acid groups (broad SMARTS) is 1. The van der Waals surface area contributed by atoms with Crippen LogP contribution < -0.4 is 21.7 Å². The fraction of sp³-hybridized carbons (Fsp3) is 0.625. The monoisotopic (exact) mass is 232 g/mol. The third kappa shape index (κ3) is 5.68. The fourth-order valence-corrected chi connectivity index (χ4v) is 0.743. The van der Waals surface area contributed by atoms with Gasteiger partial charge >= 0.3 is 18.0 Å². The quantitative estimate of drug-likeness (QED) is 0.381. The Morgan fingerprint density at radius 3 is 2.12 bits per heavy atom. The van der Waals surface area contributed by atoms with Gasteiger partial charge in [-0.1, -0.05) is 0 Å². The molecule has 0 aromatic carbocycles. The van der Waals surface area contributed by atoms with Gasteiger partial charge in [-0.05, 0) is 13.8 Å². The Hall–Kier alpha value is -1.99. The standard InChI is InChI=1S/C8H16N4O4/c1-8(2,5(13)14)12-7(16)11-4-3-10-6(9)15/h3-4H2,1-2H3,(H,13,14)(H3,9,10,15)(H2,11,12,16). The lowest BCUT2D eigenvalue weighted by Crippen LogP contribution is -2.54. The fourth-order valence-electron chi connectivity index (χ4n) is 0.743. The molecule has 0 bridgehead atoms. The van der Waals surface area contributed by atoms with Crippen molar-refractivity contribution in [3.8, 4) is 0 Å². The number of rotatable bonds is 5. The van der Waals surface area contributed by atoms with Crippen LogP contribution in [-0.2, 0) is 4.79 Å². The Labute approximate surface area is 92.6 Å². The molecule has 0 unspecified atom stereocenters. The average Bonchev–Trinajstić information content (AvgIpc) is 2.11. The molecule has 0 rings (SSSR count). The van der Waals surface area contributed by atoms with E-state index < -0.39 is 23.6 Å². The molecule has 0 saturated heterocycles. The number of nitrogens with one attached hydrogen (secondary N) is 3. The number of hydrogen-bond acceptors (Lipinski definition) is 3. The first-order valence-electron chi connectivity index (χ1n) is 4.58. The molecule has 6 N–H and O–H groups in total. The molecule has 0 aliphatic carbocycles. The van der Waals surface area contributed by atoms with Crippen molar-refractivity contribution in [2.24, 2.45) is 5.73 Å². The highest BCUT2D eigenvalue weighted by Gasteiger charge is 2.28. The molecule has 8 heteroatoms. The van der Waals surface area contributed by atoms with Crippen LogP contribution in [0, 0.1) is 0 Å². The number of nitrogens with two attached hydrogens (primary N) is 1. The number of urea groups is 2. The van der Waals surface area contributed by atoms with Crippen molar-refractivity contribution in [1.82, 2.24) is 16.0 Å². The van der Waals surface area contributed by atoms with Crippen LogP contribution in [0.2, 0.25) is 0 Å². The van der Waals surface area contributed by atoms with Gasteiger partial charge in [-0.15, -0.1) is 0 Å². The molecule has 8 nitrogen and oxygen atoms in total. The summed E-state index contributed by atoms with van der Waals surface area (Å²) in [7, 11) is 0. The minimum Gasteiger partial charge on any atom is -0.480 e. The Kier molecular flexibility index (Phi) is 5.07. The molecular weight excluding hydrogens is 216 g/mol. The lowest BCUT2D eigenvalue weighted by molar-refractivity contribution is -0.142. The van der Waals surface area contributed by atoms with Gasteiger partial charge in [0.1, 0.15) is 5.54 Å². The summed E-state index contributed by atoms with van der Waals surface area (Å²) < 4.78 is 0. The Morgan fingerprint density at radius 1 is 1.19 bits per heavy atom. The molecule has 16 heavy (non-hydrogen) atoms. The van der Waals surface area contributed by atoms with E-state index in [0.29, 0.717) is 0 Å². The lowest BCUT2D eigenvalue weighted by atomic mass is 10.1. The van der Waals surface area contributed by atoms with Crippen molar-refractivity contribution < 1.29 is 19.5 Å². The van der Waals surface area contributed by atoms with Crippen LogP contribution in [0.1, 0.15) is 13.8 Å². The SMILES string of the molecule is CC(C)(NC(=O)NCCNC(N)=O)C(=O)O. The van der Waals surface area contributed by atoms with Crippen molar-refractivity contribution in [3.63, 3.8) is 0 Å². The van der Waals surface area contributed by atoms with Crippen molar-refractivity contribution in [1.29, 1.82) is 0 Å². The van der Waals surface area contributed by atoms with Gasteiger partial charge in [-0.3, -0.25) is 0 Å². The Balaban J connectivity index is 3.83. The van der Waals surface area contributed by atoms with Crippen LogP contribution in [-0.4, -0.2) is 41.8 Å². The molecule has 0 spiro atoms. The molecule has 0 fully saturated rings. The zero-order valence-corrected chi connectivity index (χ0v) is 9.16. The van der Waals surface area contributed by atoms with Crippen molar-refractivity contribution in [2.45, 2.75) is 19.4 Å². The van der Waals surface area contributed by atoms with Gasteiger partial charge in [-0.25, -0.2) is 14.4 Å². The van der Waals surface area contributed by atoms with E-state index in [9.17, 15) is 14.4 Å². The van der Waals surface area contributed by atoms with Crippen LogP contribution in [0.3, 0.4) is 0 Å². The molecule has 0 aliphatic rings. The molecule has 0 saturated carbocycles. The second-order valence-corrected chi connectivity index (χ2v) is 3.60. The van der Waals surface area contributed by atoms with Crippen molar-refractivity contribution in [2.75, 3.05) is 13.1 Å². The first-order chi connectivity index (χ1) is 7.25. The van der Waals surface area contributed by atoms with E-state index in [1.54, 1.807) is 0 Å². The summed E-state index contributed by atoms with van der Waals surface area (Å²) >= 11 is 0. The number of hydrogen-bond donors (Lipinski definition) is 5. The van der Waals surface area contributed by atoms with Gasteiger partial charge in [0.05, 0.1) is 0 Å². The predicted octanol–water partition coefficient (Wildman–Crippen LogP) is -1.18. The summed E-state index contributed by atoms with van der Waals surface area (Å²) in [6.45, 7) is 3.05. The normalized spacial score (nSPS) is 10.4. The zero-order valence-electron chi connectivity index (χ0n) is 9.16. The first kappa shape index (κ1) is 14.0. The molecule has 0 aliphatic heterocycles. The highest BCUT2D eigenvalue weighted by molar-refractivity contribution is 5.85. The Bertz CT molecular complexity index is 290. The van der Waals surface area contributed by atoms with Crippen LogP contribution in [0.15, 0.2) is 0 Å². The first-order valence-corrected chi connectivity index (χ1v) is 4.58. The van der Waals surface area contributed by atoms with Crippen LogP contribution in [0.25, 0.3) is 0 Å². The minimum atomic E-state index is -1.35. The minimum absolute atomic E-state index is 0.157. The maximum absolute atomic E-state index is 11.2. The molecule has 0 radical (unpaired) electrons. The Morgan fingerprint density at radius 2 is 1.69 bits per heavy atom. The summed E-state index contributed by atoms with van der Waals surface area (Å²) in [4.78, 5) is 32.1. The molecule has 0 atom stereocenters. The topological polar surface area (TPSA) is 134 Å². The van der Waals surface area contributed by atoms with Crippen molar-refractivity contribution >= 4 is 18.0 Å². The van der Waals surface area contributed by atoms with E-state index in [0.717, 1.165) is 0 Å². The predicted molar refractivity (Wildman–Crippen MR) is 55.8 cm³/mol. The van der Waals surface area contributed by atoms with E-state index in [1.807, 2.05) is 0 Å². The molecular formula is C8H16N4O4. The molecule has 92 valence electrons. The second kappa shape index (κ2) is 5.79. The summed E-state index contributed by atoms with van der Waals surface area (Å²) in [6, 6.07) is -1.31. The van der Waals surface area contributed by atoms with E-state index in [1.165, 1.54) is 13.8 Å². The third-order valence-electron chi connectivity index (χ3n) is 1.67. The maximum Gasteiger partial charge on any atom is 0.328 e. The number of aliphatic carboxylic acids is 1. The van der Waals surface area contributed by atoms with E-state index in [-0.39, 0.29) is 13.1 Å². The summed E-state index contributed by atoms with van der Waals surface area (Å²) in [5.41, 5.74) is 3.45. The van der Waals surface area contributed by atoms with Gasteiger partial charge in [-0.2, -0.15) is 0 Å². The van der Waals surface area contributed by atoms with E-state index in [4.69, 9.17) is 10.8 Å². The summed E-state index contributed by atoms with van der Waals surface area (Å²) in [5.74, 6) is -1.14. The highest BCUT2D eigenvalue weighted by Crippen LogP contribution is 2.00. The molecule has 0 aromatic heterocycles. The van der Waals surface area contributed by atoms with Gasteiger partial charge in [0, 0.05) is 13.1 Å². The lowest BCUT2D eigenvalue weighted by Gasteiger charge is -2.21. The molecule has 0 aromatic rings. The van der Waals surface area contributed by atoms with Crippen molar-refractivity contribution in [3.05, 3.63) is 0 Å². The van der Waals surface area contributed by atoms with Gasteiger partial charge in [0.25, 0.3) is 0 Å². The maximum atomic E-state index is 11.2. The van der Waals surface area contributed by atoms with Gasteiger partial charge in [0.15, 0.2) is 0 Å². The summed E-state index contributed by atoms with van der Waals surface area (Å²) in [5, 5.41) is 15.6. The van der Waals surface area contributed by atoms with Crippen LogP contribution >= 0.6 is 0 Å². The molecule has 0 heterocycles. The average molecular weight is 232 g/mol. The third-order valence-corrected chi connectivity index (χ3v) is 1.67. The zero-order chi connectivity index (χ0) is 12.8. The highest BCUT2D eigenvalue weighted by atomic mass is 16.4. The molecule has 4 amide bonds. The van der Waals surface area contributed by atoms with E-state index >= 15 is 0 Å². The number of carbonyl (C=O) groups excluding carboxylic acids is 2. The number of amides is 4.